The summed E-state index contributed by atoms with van der Waals surface area (Å²) in [6, 6.07) is 6.20. The molecule has 0 aliphatic heterocycles. The van der Waals surface area contributed by atoms with E-state index in [1.807, 2.05) is 22.8 Å². The minimum Gasteiger partial charge on any atom is -0.392 e. The highest BCUT2D eigenvalue weighted by atomic mass is 16.3. The smallest absolute Gasteiger partial charge is 0.224 e. The minimum absolute atomic E-state index is 0.0220. The summed E-state index contributed by atoms with van der Waals surface area (Å²) in [7, 11) is 0. The van der Waals surface area contributed by atoms with Crippen LogP contribution in [0.15, 0.2) is 24.5 Å². The van der Waals surface area contributed by atoms with E-state index in [2.05, 4.69) is 16.8 Å². The lowest BCUT2D eigenvalue weighted by Crippen LogP contribution is -2.41. The van der Waals surface area contributed by atoms with Gasteiger partial charge in [-0.15, -0.1) is 0 Å². The van der Waals surface area contributed by atoms with Crippen molar-refractivity contribution in [1.29, 1.82) is 0 Å². The number of aromatic nitrogens is 2. The Bertz CT molecular complexity index is 689. The largest absolute Gasteiger partial charge is 0.392 e. The van der Waals surface area contributed by atoms with E-state index in [1.54, 1.807) is 6.33 Å². The molecule has 1 aromatic heterocycles. The molecule has 1 aromatic carbocycles. The summed E-state index contributed by atoms with van der Waals surface area (Å²) in [5, 5.41) is 9.21. The Morgan fingerprint density at radius 2 is 2.12 bits per heavy atom. The molecular weight excluding hydrogens is 302 g/mol. The number of benzene rings is 1. The van der Waals surface area contributed by atoms with Gasteiger partial charge in [-0.05, 0) is 37.5 Å². The van der Waals surface area contributed by atoms with Crippen molar-refractivity contribution in [2.45, 2.75) is 64.6 Å². The van der Waals surface area contributed by atoms with Crippen molar-refractivity contribution >= 4 is 16.9 Å². The molecule has 24 heavy (non-hydrogen) atoms. The Kier molecular flexibility index (Phi) is 5.51. The lowest BCUT2D eigenvalue weighted by atomic mass is 9.94. The number of hydrogen-bond donors (Lipinski definition) is 1. The molecule has 0 saturated heterocycles. The van der Waals surface area contributed by atoms with Crippen molar-refractivity contribution in [2.24, 2.45) is 0 Å². The molecule has 1 saturated carbocycles. The molecule has 1 aliphatic carbocycles. The van der Waals surface area contributed by atoms with E-state index in [0.29, 0.717) is 19.0 Å². The number of imidazole rings is 1. The second kappa shape index (κ2) is 7.79. The Hall–Kier alpha value is -1.88. The lowest BCUT2D eigenvalue weighted by molar-refractivity contribution is -0.134. The zero-order valence-electron chi connectivity index (χ0n) is 14.4. The van der Waals surface area contributed by atoms with Gasteiger partial charge in [0.2, 0.25) is 5.91 Å². The van der Waals surface area contributed by atoms with Gasteiger partial charge in [0.05, 0.1) is 24.0 Å². The van der Waals surface area contributed by atoms with Crippen molar-refractivity contribution in [3.05, 3.63) is 30.1 Å². The molecule has 0 atom stereocenters. The van der Waals surface area contributed by atoms with Crippen LogP contribution in [0.1, 0.15) is 51.0 Å². The van der Waals surface area contributed by atoms with Gasteiger partial charge in [-0.3, -0.25) is 4.79 Å². The zero-order valence-corrected chi connectivity index (χ0v) is 14.4. The fourth-order valence-corrected chi connectivity index (χ4v) is 3.78. The summed E-state index contributed by atoms with van der Waals surface area (Å²) in [5.74, 6) is 0.248. The van der Waals surface area contributed by atoms with E-state index in [-0.39, 0.29) is 12.5 Å². The highest BCUT2D eigenvalue weighted by Crippen LogP contribution is 2.23. The Morgan fingerprint density at radius 1 is 1.33 bits per heavy atom. The van der Waals surface area contributed by atoms with Crippen LogP contribution < -0.4 is 0 Å². The van der Waals surface area contributed by atoms with Gasteiger partial charge < -0.3 is 14.6 Å². The fraction of sp³-hybridized carbons (Fsp3) is 0.579. The predicted molar refractivity (Wildman–Crippen MR) is 94.5 cm³/mol. The SMILES string of the molecule is CCN(C(=O)CCn1cnc2cc(CO)ccc21)C1CCCCC1. The molecule has 0 bridgehead atoms. The van der Waals surface area contributed by atoms with Gasteiger partial charge in [-0.25, -0.2) is 4.98 Å². The number of hydrogen-bond acceptors (Lipinski definition) is 3. The topological polar surface area (TPSA) is 58.4 Å². The molecule has 5 nitrogen and oxygen atoms in total. The second-order valence-electron chi connectivity index (χ2n) is 6.64. The normalized spacial score (nSPS) is 15.8. The van der Waals surface area contributed by atoms with Crippen LogP contribution in [0.3, 0.4) is 0 Å². The third-order valence-corrected chi connectivity index (χ3v) is 5.11. The van der Waals surface area contributed by atoms with Gasteiger partial charge in [0.1, 0.15) is 0 Å². The number of aliphatic hydroxyl groups is 1. The van der Waals surface area contributed by atoms with Gasteiger partial charge in [-0.1, -0.05) is 25.3 Å². The third-order valence-electron chi connectivity index (χ3n) is 5.11. The van der Waals surface area contributed by atoms with Gasteiger partial charge in [0.25, 0.3) is 0 Å². The van der Waals surface area contributed by atoms with Crippen LogP contribution in [-0.4, -0.2) is 38.1 Å². The molecule has 130 valence electrons. The van der Waals surface area contributed by atoms with Crippen LogP contribution in [0.25, 0.3) is 11.0 Å². The van der Waals surface area contributed by atoms with Crippen molar-refractivity contribution in [1.82, 2.24) is 14.5 Å². The van der Waals surface area contributed by atoms with Crippen LogP contribution in [0.4, 0.5) is 0 Å². The first kappa shape index (κ1) is 17.0. The van der Waals surface area contributed by atoms with E-state index in [4.69, 9.17) is 0 Å². The molecule has 2 aromatic rings. The Balaban J connectivity index is 1.65. The van der Waals surface area contributed by atoms with E-state index in [9.17, 15) is 9.90 Å². The maximum absolute atomic E-state index is 12.7. The van der Waals surface area contributed by atoms with Crippen molar-refractivity contribution < 1.29 is 9.90 Å². The van der Waals surface area contributed by atoms with E-state index in [1.165, 1.54) is 19.3 Å². The number of fused-ring (bicyclic) bond motifs is 1. The first-order valence-electron chi connectivity index (χ1n) is 9.07. The average molecular weight is 329 g/mol. The lowest BCUT2D eigenvalue weighted by Gasteiger charge is -2.33. The molecule has 5 heteroatoms. The molecule has 1 amide bonds. The van der Waals surface area contributed by atoms with Crippen molar-refractivity contribution in [3.8, 4) is 0 Å². The molecule has 3 rings (SSSR count). The van der Waals surface area contributed by atoms with Crippen molar-refractivity contribution in [3.63, 3.8) is 0 Å². The molecule has 1 heterocycles. The number of nitrogens with zero attached hydrogens (tertiary/aromatic N) is 3. The van der Waals surface area contributed by atoms with Crippen LogP contribution in [0.5, 0.6) is 0 Å². The number of carbonyl (C=O) groups excluding carboxylic acids is 1. The first-order valence-corrected chi connectivity index (χ1v) is 9.07. The number of carbonyl (C=O) groups is 1. The Morgan fingerprint density at radius 3 is 2.83 bits per heavy atom. The highest BCUT2D eigenvalue weighted by molar-refractivity contribution is 5.78. The van der Waals surface area contributed by atoms with Gasteiger partial charge in [0, 0.05) is 25.6 Å². The molecular formula is C19H27N3O2. The van der Waals surface area contributed by atoms with Gasteiger partial charge >= 0.3 is 0 Å². The molecule has 1 fully saturated rings. The minimum atomic E-state index is 0.0220. The van der Waals surface area contributed by atoms with E-state index >= 15 is 0 Å². The van der Waals surface area contributed by atoms with Crippen LogP contribution in [0, 0.1) is 0 Å². The highest BCUT2D eigenvalue weighted by Gasteiger charge is 2.23. The number of aliphatic hydroxyl groups excluding tert-OH is 1. The molecule has 0 radical (unpaired) electrons. The summed E-state index contributed by atoms with van der Waals surface area (Å²) >= 11 is 0. The van der Waals surface area contributed by atoms with E-state index in [0.717, 1.165) is 36.0 Å². The summed E-state index contributed by atoms with van der Waals surface area (Å²) < 4.78 is 2.03. The molecule has 0 unspecified atom stereocenters. The third kappa shape index (κ3) is 3.61. The molecule has 0 spiro atoms. The maximum Gasteiger partial charge on any atom is 0.224 e. The summed E-state index contributed by atoms with van der Waals surface area (Å²) in [4.78, 5) is 19.1. The number of amides is 1. The monoisotopic (exact) mass is 329 g/mol. The van der Waals surface area contributed by atoms with Crippen LogP contribution in [-0.2, 0) is 17.9 Å². The average Bonchev–Trinajstić information content (AvgIpc) is 3.03. The fourth-order valence-electron chi connectivity index (χ4n) is 3.78. The van der Waals surface area contributed by atoms with E-state index < -0.39 is 0 Å². The van der Waals surface area contributed by atoms with Crippen molar-refractivity contribution in [2.75, 3.05) is 6.54 Å². The summed E-state index contributed by atoms with van der Waals surface area (Å²) in [6.45, 7) is 3.55. The molecule has 1 aliphatic rings. The maximum atomic E-state index is 12.7. The predicted octanol–water partition coefficient (Wildman–Crippen LogP) is 3.10. The zero-order chi connectivity index (χ0) is 16.9. The quantitative estimate of drug-likeness (QED) is 0.886. The summed E-state index contributed by atoms with van der Waals surface area (Å²) in [6.07, 6.45) is 8.39. The van der Waals surface area contributed by atoms with Gasteiger partial charge in [-0.2, -0.15) is 0 Å². The standard InChI is InChI=1S/C19H27N3O2/c1-2-22(16-6-4-3-5-7-16)19(24)10-11-21-14-20-17-12-15(13-23)8-9-18(17)21/h8-9,12,14,16,23H,2-7,10-11,13H2,1H3. The first-order chi connectivity index (χ1) is 11.7. The van der Waals surface area contributed by atoms with Crippen LogP contribution in [0.2, 0.25) is 0 Å². The molecule has 1 N–H and O–H groups in total. The number of aryl methyl sites for hydroxylation is 1. The van der Waals surface area contributed by atoms with Gasteiger partial charge in [0.15, 0.2) is 0 Å². The summed E-state index contributed by atoms with van der Waals surface area (Å²) in [5.41, 5.74) is 2.74. The van der Waals surface area contributed by atoms with Crippen LogP contribution >= 0.6 is 0 Å². The second-order valence-corrected chi connectivity index (χ2v) is 6.64. The number of rotatable bonds is 6. The Labute approximate surface area is 143 Å².